The Bertz CT molecular complexity index is 440. The Morgan fingerprint density at radius 1 is 1.47 bits per heavy atom. The van der Waals surface area contributed by atoms with E-state index in [9.17, 15) is 0 Å². The molecule has 0 amide bonds. The first-order valence-electron chi connectivity index (χ1n) is 5.53. The molecule has 0 aliphatic carbocycles. The quantitative estimate of drug-likeness (QED) is 0.791. The number of nitriles is 1. The van der Waals surface area contributed by atoms with E-state index in [1.807, 2.05) is 21.0 Å². The molecule has 0 bridgehead atoms. The lowest BCUT2D eigenvalue weighted by Crippen LogP contribution is -2.43. The molecule has 1 aromatic heterocycles. The summed E-state index contributed by atoms with van der Waals surface area (Å²) in [5.74, 6) is 0.542. The van der Waals surface area contributed by atoms with Crippen molar-refractivity contribution in [2.24, 2.45) is 7.05 Å². The van der Waals surface area contributed by atoms with Crippen LogP contribution in [0.25, 0.3) is 0 Å². The Balaban J connectivity index is 2.87. The first kappa shape index (κ1) is 13.5. The van der Waals surface area contributed by atoms with E-state index in [1.165, 1.54) is 0 Å². The van der Waals surface area contributed by atoms with Crippen molar-refractivity contribution in [2.45, 2.75) is 26.3 Å². The van der Waals surface area contributed by atoms with Crippen LogP contribution in [0.3, 0.4) is 0 Å². The van der Waals surface area contributed by atoms with E-state index in [4.69, 9.17) is 10.00 Å². The molecule has 0 atom stereocenters. The summed E-state index contributed by atoms with van der Waals surface area (Å²) in [5, 5.41) is 13.2. The van der Waals surface area contributed by atoms with E-state index in [2.05, 4.69) is 29.9 Å². The van der Waals surface area contributed by atoms with Crippen LogP contribution in [-0.2, 0) is 7.05 Å². The van der Waals surface area contributed by atoms with Gasteiger partial charge in [0.2, 0.25) is 5.88 Å². The van der Waals surface area contributed by atoms with Gasteiger partial charge in [-0.05, 0) is 34.9 Å². The van der Waals surface area contributed by atoms with Gasteiger partial charge in [0, 0.05) is 12.6 Å². The van der Waals surface area contributed by atoms with E-state index in [1.54, 1.807) is 11.7 Å². The molecule has 5 heteroatoms. The van der Waals surface area contributed by atoms with Crippen molar-refractivity contribution in [3.05, 3.63) is 11.3 Å². The predicted octanol–water partition coefficient (Wildman–Crippen LogP) is 1.32. The number of nitrogens with zero attached hydrogens (tertiary/aromatic N) is 4. The van der Waals surface area contributed by atoms with Crippen LogP contribution in [0, 0.1) is 18.3 Å². The lowest BCUT2D eigenvalue weighted by molar-refractivity contribution is 0.108. The summed E-state index contributed by atoms with van der Waals surface area (Å²) in [7, 11) is 5.79. The smallest absolute Gasteiger partial charge is 0.230 e. The number of ether oxygens (including phenoxy) is 1. The van der Waals surface area contributed by atoms with Gasteiger partial charge in [-0.2, -0.15) is 10.4 Å². The molecule has 0 radical (unpaired) electrons. The molecule has 0 fully saturated rings. The summed E-state index contributed by atoms with van der Waals surface area (Å²) in [6.45, 7) is 6.49. The first-order valence-corrected chi connectivity index (χ1v) is 5.53. The van der Waals surface area contributed by atoms with Gasteiger partial charge >= 0.3 is 0 Å². The van der Waals surface area contributed by atoms with E-state index in [-0.39, 0.29) is 5.54 Å². The maximum atomic E-state index is 9.06. The number of likely N-dealkylation sites (N-methyl/N-ethyl adjacent to an activating group) is 1. The second-order valence-corrected chi connectivity index (χ2v) is 5.00. The Kier molecular flexibility index (Phi) is 3.79. The molecular formula is C12H20N4O. The Morgan fingerprint density at radius 2 is 2.06 bits per heavy atom. The minimum absolute atomic E-state index is 0.0924. The summed E-state index contributed by atoms with van der Waals surface area (Å²) in [5.41, 5.74) is 1.12. The molecular weight excluding hydrogens is 216 g/mol. The molecule has 1 heterocycles. The number of hydrogen-bond acceptors (Lipinski definition) is 4. The van der Waals surface area contributed by atoms with Crippen LogP contribution in [0.15, 0.2) is 0 Å². The lowest BCUT2D eigenvalue weighted by atomic mass is 10.1. The second kappa shape index (κ2) is 4.76. The standard InChI is InChI=1S/C12H20N4O/c1-9-10(7-13)11(16(6)14-9)17-8-12(2,3)15(4)5/h8H2,1-6H3. The molecule has 0 saturated heterocycles. The third kappa shape index (κ3) is 2.77. The average molecular weight is 236 g/mol. The van der Waals surface area contributed by atoms with Crippen molar-refractivity contribution in [2.75, 3.05) is 20.7 Å². The molecule has 0 N–H and O–H groups in total. The molecule has 17 heavy (non-hydrogen) atoms. The normalized spacial score (nSPS) is 11.6. The fourth-order valence-corrected chi connectivity index (χ4v) is 1.31. The van der Waals surface area contributed by atoms with Gasteiger partial charge in [-0.15, -0.1) is 0 Å². The van der Waals surface area contributed by atoms with Crippen LogP contribution in [0.2, 0.25) is 0 Å². The van der Waals surface area contributed by atoms with Crippen LogP contribution in [-0.4, -0.2) is 40.9 Å². The van der Waals surface area contributed by atoms with E-state index in [0.29, 0.717) is 23.7 Å². The maximum absolute atomic E-state index is 9.06. The van der Waals surface area contributed by atoms with Gasteiger partial charge in [-0.1, -0.05) is 0 Å². The third-order valence-corrected chi connectivity index (χ3v) is 3.05. The third-order valence-electron chi connectivity index (χ3n) is 3.05. The molecule has 94 valence electrons. The van der Waals surface area contributed by atoms with Gasteiger partial charge in [0.25, 0.3) is 0 Å². The molecule has 5 nitrogen and oxygen atoms in total. The number of hydrogen-bond donors (Lipinski definition) is 0. The van der Waals surface area contributed by atoms with Crippen molar-refractivity contribution < 1.29 is 4.74 Å². The zero-order valence-corrected chi connectivity index (χ0v) is 11.4. The molecule has 0 aromatic carbocycles. The molecule has 0 aliphatic rings. The highest BCUT2D eigenvalue weighted by Crippen LogP contribution is 2.22. The minimum Gasteiger partial charge on any atom is -0.475 e. The summed E-state index contributed by atoms with van der Waals surface area (Å²) >= 11 is 0. The highest BCUT2D eigenvalue weighted by molar-refractivity contribution is 5.41. The minimum atomic E-state index is -0.0924. The summed E-state index contributed by atoms with van der Waals surface area (Å²) in [4.78, 5) is 2.09. The monoisotopic (exact) mass is 236 g/mol. The zero-order chi connectivity index (χ0) is 13.2. The van der Waals surface area contributed by atoms with Gasteiger partial charge in [0.15, 0.2) is 0 Å². The van der Waals surface area contributed by atoms with Crippen molar-refractivity contribution >= 4 is 0 Å². The number of aryl methyl sites for hydroxylation is 2. The highest BCUT2D eigenvalue weighted by Gasteiger charge is 2.23. The van der Waals surface area contributed by atoms with Crippen LogP contribution in [0.1, 0.15) is 25.1 Å². The fourth-order valence-electron chi connectivity index (χ4n) is 1.31. The van der Waals surface area contributed by atoms with Gasteiger partial charge in [-0.3, -0.25) is 0 Å². The summed E-state index contributed by atoms with van der Waals surface area (Å²) < 4.78 is 7.35. The topological polar surface area (TPSA) is 54.1 Å². The van der Waals surface area contributed by atoms with Gasteiger partial charge in [-0.25, -0.2) is 4.68 Å². The van der Waals surface area contributed by atoms with Crippen LogP contribution in [0.4, 0.5) is 0 Å². The molecule has 0 unspecified atom stereocenters. The molecule has 0 saturated carbocycles. The average Bonchev–Trinajstić information content (AvgIpc) is 2.49. The highest BCUT2D eigenvalue weighted by atomic mass is 16.5. The summed E-state index contributed by atoms with van der Waals surface area (Å²) in [6, 6.07) is 2.13. The van der Waals surface area contributed by atoms with Crippen molar-refractivity contribution in [3.63, 3.8) is 0 Å². The predicted molar refractivity (Wildman–Crippen MR) is 65.9 cm³/mol. The Morgan fingerprint density at radius 3 is 2.53 bits per heavy atom. The van der Waals surface area contributed by atoms with Crippen molar-refractivity contribution in [1.82, 2.24) is 14.7 Å². The van der Waals surface area contributed by atoms with Crippen molar-refractivity contribution in [1.29, 1.82) is 5.26 Å². The molecule has 0 spiro atoms. The van der Waals surface area contributed by atoms with Crippen LogP contribution >= 0.6 is 0 Å². The van der Waals surface area contributed by atoms with E-state index in [0.717, 1.165) is 0 Å². The lowest BCUT2D eigenvalue weighted by Gasteiger charge is -2.32. The first-order chi connectivity index (χ1) is 7.79. The Hall–Kier alpha value is -1.54. The molecule has 0 aliphatic heterocycles. The summed E-state index contributed by atoms with van der Waals surface area (Å²) in [6.07, 6.45) is 0. The van der Waals surface area contributed by atoms with Gasteiger partial charge in [0.1, 0.15) is 18.2 Å². The fraction of sp³-hybridized carbons (Fsp3) is 0.667. The Labute approximate surface area is 103 Å². The number of rotatable bonds is 4. The van der Waals surface area contributed by atoms with Crippen molar-refractivity contribution in [3.8, 4) is 11.9 Å². The zero-order valence-electron chi connectivity index (χ0n) is 11.4. The largest absolute Gasteiger partial charge is 0.475 e. The van der Waals surface area contributed by atoms with E-state index < -0.39 is 0 Å². The second-order valence-electron chi connectivity index (χ2n) is 5.00. The molecule has 1 rings (SSSR count). The molecule has 1 aromatic rings. The maximum Gasteiger partial charge on any atom is 0.230 e. The number of aromatic nitrogens is 2. The van der Waals surface area contributed by atoms with Gasteiger partial charge < -0.3 is 9.64 Å². The van der Waals surface area contributed by atoms with E-state index >= 15 is 0 Å². The SMILES string of the molecule is Cc1nn(C)c(OCC(C)(C)N(C)C)c1C#N. The van der Waals surface area contributed by atoms with Crippen LogP contribution in [0.5, 0.6) is 5.88 Å². The van der Waals surface area contributed by atoms with Gasteiger partial charge in [0.05, 0.1) is 5.69 Å². The van der Waals surface area contributed by atoms with Crippen LogP contribution < -0.4 is 4.74 Å².